The van der Waals surface area contributed by atoms with Gasteiger partial charge in [0.15, 0.2) is 0 Å². The lowest BCUT2D eigenvalue weighted by Crippen LogP contribution is -2.36. The fraction of sp³-hybridized carbons (Fsp3) is 0.333. The third-order valence-electron chi connectivity index (χ3n) is 4.19. The molecule has 2 aromatic carbocycles. The zero-order valence-electron chi connectivity index (χ0n) is 16.4. The van der Waals surface area contributed by atoms with E-state index < -0.39 is 0 Å². The van der Waals surface area contributed by atoms with Gasteiger partial charge in [0, 0.05) is 36.7 Å². The Hall–Kier alpha value is -3.02. The van der Waals surface area contributed by atoms with Gasteiger partial charge in [-0.15, -0.1) is 0 Å². The first-order chi connectivity index (χ1) is 12.8. The van der Waals surface area contributed by atoms with Crippen molar-refractivity contribution in [1.29, 1.82) is 5.41 Å². The zero-order valence-corrected chi connectivity index (χ0v) is 16.4. The van der Waals surface area contributed by atoms with Crippen LogP contribution in [-0.4, -0.2) is 31.9 Å². The molecule has 1 amide bonds. The summed E-state index contributed by atoms with van der Waals surface area (Å²) in [5.74, 6) is 0.263. The van der Waals surface area contributed by atoms with Crippen molar-refractivity contribution in [3.63, 3.8) is 0 Å². The summed E-state index contributed by atoms with van der Waals surface area (Å²) in [6, 6.07) is 14.6. The Balaban J connectivity index is 2.13. The van der Waals surface area contributed by atoms with E-state index in [2.05, 4.69) is 24.5 Å². The van der Waals surface area contributed by atoms with Crippen LogP contribution in [0, 0.1) is 11.3 Å². The molecule has 0 saturated heterocycles. The van der Waals surface area contributed by atoms with Crippen molar-refractivity contribution in [2.24, 2.45) is 11.7 Å². The molecule has 0 spiro atoms. The Kier molecular flexibility index (Phi) is 6.82. The molecule has 6 nitrogen and oxygen atoms in total. The number of carbonyl (C=O) groups excluding carboxylic acids is 1. The molecular formula is C21H29N5O. The molecule has 2 rings (SSSR count). The molecule has 144 valence electrons. The largest absolute Gasteiger partial charge is 0.384 e. The minimum atomic E-state index is -0.388. The number of nitrogens with two attached hydrogens (primary N) is 1. The van der Waals surface area contributed by atoms with Gasteiger partial charge in [-0.25, -0.2) is 0 Å². The van der Waals surface area contributed by atoms with Crippen LogP contribution in [-0.2, 0) is 4.79 Å². The fourth-order valence-corrected chi connectivity index (χ4v) is 2.75. The lowest BCUT2D eigenvalue weighted by Gasteiger charge is -2.22. The molecular weight excluding hydrogens is 338 g/mol. The summed E-state index contributed by atoms with van der Waals surface area (Å²) in [4.78, 5) is 14.8. The molecule has 0 radical (unpaired) electrons. The molecule has 0 aliphatic carbocycles. The van der Waals surface area contributed by atoms with Crippen LogP contribution in [0.5, 0.6) is 0 Å². The highest BCUT2D eigenvalue weighted by molar-refractivity contribution is 5.98. The van der Waals surface area contributed by atoms with Crippen LogP contribution in [0.2, 0.25) is 0 Å². The number of anilines is 3. The Labute approximate surface area is 161 Å². The van der Waals surface area contributed by atoms with Crippen LogP contribution in [0.1, 0.15) is 25.8 Å². The van der Waals surface area contributed by atoms with E-state index in [9.17, 15) is 4.79 Å². The molecule has 1 atom stereocenters. The molecule has 0 aliphatic rings. The first-order valence-corrected chi connectivity index (χ1v) is 9.05. The minimum Gasteiger partial charge on any atom is -0.384 e. The SMILES string of the molecule is CC(C)CC(Nc1cccc(C(=N)N)c1)C(=O)Nc1ccc(N(C)C)cc1. The van der Waals surface area contributed by atoms with Gasteiger partial charge >= 0.3 is 0 Å². The monoisotopic (exact) mass is 367 g/mol. The van der Waals surface area contributed by atoms with Crippen LogP contribution < -0.4 is 21.3 Å². The van der Waals surface area contributed by atoms with Gasteiger partial charge in [-0.3, -0.25) is 10.2 Å². The lowest BCUT2D eigenvalue weighted by molar-refractivity contribution is -0.117. The summed E-state index contributed by atoms with van der Waals surface area (Å²) in [6.07, 6.45) is 0.686. The van der Waals surface area contributed by atoms with E-state index in [1.54, 1.807) is 12.1 Å². The highest BCUT2D eigenvalue weighted by Crippen LogP contribution is 2.19. The molecule has 1 unspecified atom stereocenters. The van der Waals surface area contributed by atoms with Crippen molar-refractivity contribution in [3.05, 3.63) is 54.1 Å². The van der Waals surface area contributed by atoms with E-state index in [1.165, 1.54) is 0 Å². The number of amides is 1. The molecule has 2 aromatic rings. The molecule has 6 heteroatoms. The standard InChI is InChI=1S/C21H29N5O/c1-14(2)12-19(24-17-7-5-6-15(13-17)20(22)23)21(27)25-16-8-10-18(11-9-16)26(3)4/h5-11,13-14,19,24H,12H2,1-4H3,(H3,22,23)(H,25,27). The van der Waals surface area contributed by atoms with Gasteiger partial charge in [-0.05, 0) is 48.7 Å². The number of amidine groups is 1. The number of hydrogen-bond acceptors (Lipinski definition) is 4. The Morgan fingerprint density at radius 3 is 2.33 bits per heavy atom. The average Bonchev–Trinajstić information content (AvgIpc) is 2.61. The third kappa shape index (κ3) is 6.02. The van der Waals surface area contributed by atoms with E-state index in [1.807, 2.05) is 55.4 Å². The molecule has 0 aromatic heterocycles. The average molecular weight is 367 g/mol. The van der Waals surface area contributed by atoms with Gasteiger partial charge in [0.2, 0.25) is 5.91 Å². The van der Waals surface area contributed by atoms with E-state index >= 15 is 0 Å². The quantitative estimate of drug-likeness (QED) is 0.424. The highest BCUT2D eigenvalue weighted by atomic mass is 16.2. The Morgan fingerprint density at radius 2 is 1.78 bits per heavy atom. The van der Waals surface area contributed by atoms with E-state index in [-0.39, 0.29) is 17.8 Å². The van der Waals surface area contributed by atoms with E-state index in [4.69, 9.17) is 11.1 Å². The maximum Gasteiger partial charge on any atom is 0.246 e. The van der Waals surface area contributed by atoms with Crippen molar-refractivity contribution < 1.29 is 4.79 Å². The Morgan fingerprint density at radius 1 is 1.11 bits per heavy atom. The number of carbonyl (C=O) groups is 1. The summed E-state index contributed by atoms with van der Waals surface area (Å²) in [5, 5.41) is 13.8. The Bertz CT molecular complexity index is 783. The molecule has 0 saturated carbocycles. The van der Waals surface area contributed by atoms with Crippen LogP contribution >= 0.6 is 0 Å². The van der Waals surface area contributed by atoms with Crippen molar-refractivity contribution in [2.75, 3.05) is 29.6 Å². The van der Waals surface area contributed by atoms with Crippen molar-refractivity contribution >= 4 is 28.8 Å². The zero-order chi connectivity index (χ0) is 20.0. The normalized spacial score (nSPS) is 11.7. The van der Waals surface area contributed by atoms with Gasteiger partial charge in [0.05, 0.1) is 0 Å². The summed E-state index contributed by atoms with van der Waals surface area (Å²) in [6.45, 7) is 4.17. The number of nitrogen functional groups attached to an aromatic ring is 1. The van der Waals surface area contributed by atoms with Gasteiger partial charge in [0.25, 0.3) is 0 Å². The summed E-state index contributed by atoms with van der Waals surface area (Å²) in [7, 11) is 3.96. The van der Waals surface area contributed by atoms with Crippen LogP contribution in [0.15, 0.2) is 48.5 Å². The molecule has 27 heavy (non-hydrogen) atoms. The summed E-state index contributed by atoms with van der Waals surface area (Å²) in [5.41, 5.74) is 8.80. The summed E-state index contributed by atoms with van der Waals surface area (Å²) >= 11 is 0. The molecule has 0 fully saturated rings. The maximum atomic E-state index is 12.8. The minimum absolute atomic E-state index is 0.00416. The second kappa shape index (κ2) is 9.07. The van der Waals surface area contributed by atoms with Gasteiger partial charge in [-0.2, -0.15) is 0 Å². The van der Waals surface area contributed by atoms with Crippen molar-refractivity contribution in [2.45, 2.75) is 26.3 Å². The highest BCUT2D eigenvalue weighted by Gasteiger charge is 2.20. The second-order valence-corrected chi connectivity index (χ2v) is 7.25. The first-order valence-electron chi connectivity index (χ1n) is 9.05. The predicted octanol–water partition coefficient (Wildman–Crippen LogP) is 3.50. The first kappa shape index (κ1) is 20.3. The van der Waals surface area contributed by atoms with Gasteiger partial charge < -0.3 is 21.3 Å². The number of nitrogens with zero attached hydrogens (tertiary/aromatic N) is 1. The third-order valence-corrected chi connectivity index (χ3v) is 4.19. The van der Waals surface area contributed by atoms with Crippen molar-refractivity contribution in [3.8, 4) is 0 Å². The topological polar surface area (TPSA) is 94.2 Å². The lowest BCUT2D eigenvalue weighted by atomic mass is 10.0. The second-order valence-electron chi connectivity index (χ2n) is 7.25. The summed E-state index contributed by atoms with van der Waals surface area (Å²) < 4.78 is 0. The molecule has 0 aliphatic heterocycles. The van der Waals surface area contributed by atoms with Crippen LogP contribution in [0.25, 0.3) is 0 Å². The number of benzene rings is 2. The van der Waals surface area contributed by atoms with Crippen LogP contribution in [0.3, 0.4) is 0 Å². The molecule has 0 heterocycles. The molecule has 5 N–H and O–H groups in total. The maximum absolute atomic E-state index is 12.8. The van der Waals surface area contributed by atoms with E-state index in [0.717, 1.165) is 17.1 Å². The van der Waals surface area contributed by atoms with E-state index in [0.29, 0.717) is 17.9 Å². The van der Waals surface area contributed by atoms with Crippen LogP contribution in [0.4, 0.5) is 17.1 Å². The van der Waals surface area contributed by atoms with Crippen molar-refractivity contribution in [1.82, 2.24) is 0 Å². The van der Waals surface area contributed by atoms with Gasteiger partial charge in [0.1, 0.15) is 11.9 Å². The number of rotatable bonds is 8. The predicted molar refractivity (Wildman–Crippen MR) is 114 cm³/mol. The smallest absolute Gasteiger partial charge is 0.246 e. The van der Waals surface area contributed by atoms with Gasteiger partial charge in [-0.1, -0.05) is 26.0 Å². The number of nitrogens with one attached hydrogen (secondary N) is 3. The molecule has 0 bridgehead atoms. The fourth-order valence-electron chi connectivity index (χ4n) is 2.75. The number of hydrogen-bond donors (Lipinski definition) is 4.